The van der Waals surface area contributed by atoms with Crippen molar-refractivity contribution in [3.05, 3.63) is 23.8 Å². The Kier molecular flexibility index (Phi) is 4.93. The van der Waals surface area contributed by atoms with E-state index in [-0.39, 0.29) is 18.6 Å². The summed E-state index contributed by atoms with van der Waals surface area (Å²) in [7, 11) is 0. The summed E-state index contributed by atoms with van der Waals surface area (Å²) in [6.07, 6.45) is 2.15. The highest BCUT2D eigenvalue weighted by Crippen LogP contribution is 2.33. The van der Waals surface area contributed by atoms with Crippen LogP contribution in [0.3, 0.4) is 0 Å². The molecule has 1 aromatic carbocycles. The number of ether oxygens (including phenoxy) is 2. The molecule has 1 saturated heterocycles. The van der Waals surface area contributed by atoms with Crippen molar-refractivity contribution in [3.8, 4) is 11.5 Å². The topological polar surface area (TPSA) is 93.7 Å². The zero-order valence-electron chi connectivity index (χ0n) is 13.8. The maximum atomic E-state index is 12.3. The van der Waals surface area contributed by atoms with Crippen molar-refractivity contribution >= 4 is 40.0 Å². The first-order valence-corrected chi connectivity index (χ1v) is 9.94. The van der Waals surface area contributed by atoms with Crippen molar-refractivity contribution in [3.63, 3.8) is 0 Å². The molecule has 0 spiro atoms. The van der Waals surface area contributed by atoms with Gasteiger partial charge in [0.25, 0.3) is 5.91 Å². The van der Waals surface area contributed by atoms with Crippen LogP contribution in [0.4, 0.5) is 5.13 Å². The number of anilines is 1. The Morgan fingerprint density at radius 2 is 2.00 bits per heavy atom. The second-order valence-electron chi connectivity index (χ2n) is 5.77. The van der Waals surface area contributed by atoms with Crippen LogP contribution in [-0.4, -0.2) is 52.5 Å². The van der Waals surface area contributed by atoms with Gasteiger partial charge in [0.2, 0.25) is 17.8 Å². The van der Waals surface area contributed by atoms with Gasteiger partial charge >= 0.3 is 0 Å². The van der Waals surface area contributed by atoms with Gasteiger partial charge in [-0.2, -0.15) is 0 Å². The van der Waals surface area contributed by atoms with Crippen molar-refractivity contribution in [1.82, 2.24) is 15.1 Å². The number of nitrogens with zero attached hydrogens (tertiary/aromatic N) is 3. The molecule has 0 aliphatic carbocycles. The Morgan fingerprint density at radius 1 is 1.19 bits per heavy atom. The highest BCUT2D eigenvalue weighted by atomic mass is 32.2. The summed E-state index contributed by atoms with van der Waals surface area (Å²) in [5, 5.41) is 11.1. The molecule has 2 amide bonds. The second kappa shape index (κ2) is 7.50. The highest BCUT2D eigenvalue weighted by molar-refractivity contribution is 8.01. The van der Waals surface area contributed by atoms with Gasteiger partial charge in [-0.3, -0.25) is 14.9 Å². The van der Waals surface area contributed by atoms with Gasteiger partial charge in [0.1, 0.15) is 0 Å². The summed E-state index contributed by atoms with van der Waals surface area (Å²) in [4.78, 5) is 26.2. The first-order chi connectivity index (χ1) is 12.7. The second-order valence-corrected chi connectivity index (χ2v) is 7.97. The number of benzene rings is 1. The van der Waals surface area contributed by atoms with Crippen LogP contribution in [0.5, 0.6) is 11.5 Å². The molecule has 1 aromatic heterocycles. The fourth-order valence-electron chi connectivity index (χ4n) is 2.71. The summed E-state index contributed by atoms with van der Waals surface area (Å²) in [6, 6.07) is 4.99. The Bertz CT molecular complexity index is 835. The minimum atomic E-state index is -0.302. The number of amides is 2. The first kappa shape index (κ1) is 17.1. The number of hydrogen-bond acceptors (Lipinski definition) is 8. The highest BCUT2D eigenvalue weighted by Gasteiger charge is 2.20. The number of aromatic nitrogens is 2. The van der Waals surface area contributed by atoms with Gasteiger partial charge in [0, 0.05) is 18.7 Å². The standard InChI is InChI=1S/C16H16N4O4S2/c21-13(20-5-1-2-6-20)8-25-16-19-18-15(26-16)17-14(22)10-3-4-11-12(7-10)24-9-23-11/h3-4,7H,1-2,5-6,8-9H2,(H,17,18,22). The fourth-order valence-corrected chi connectivity index (χ4v) is 4.36. The summed E-state index contributed by atoms with van der Waals surface area (Å²) >= 11 is 2.59. The van der Waals surface area contributed by atoms with Crippen LogP contribution in [0.25, 0.3) is 0 Å². The van der Waals surface area contributed by atoms with E-state index in [2.05, 4.69) is 15.5 Å². The summed E-state index contributed by atoms with van der Waals surface area (Å²) < 4.78 is 11.2. The third-order valence-electron chi connectivity index (χ3n) is 4.04. The summed E-state index contributed by atoms with van der Waals surface area (Å²) in [5.41, 5.74) is 0.447. The van der Waals surface area contributed by atoms with Crippen molar-refractivity contribution in [2.45, 2.75) is 17.2 Å². The Labute approximate surface area is 157 Å². The molecule has 0 radical (unpaired) electrons. The zero-order chi connectivity index (χ0) is 17.9. The van der Waals surface area contributed by atoms with E-state index in [1.54, 1.807) is 18.2 Å². The Balaban J connectivity index is 1.33. The van der Waals surface area contributed by atoms with E-state index in [4.69, 9.17) is 9.47 Å². The SMILES string of the molecule is O=C(Nc1nnc(SCC(=O)N2CCCC2)s1)c1ccc2c(c1)OCO2. The molecule has 0 atom stereocenters. The molecule has 2 aliphatic heterocycles. The zero-order valence-corrected chi connectivity index (χ0v) is 15.4. The molecule has 0 bridgehead atoms. The molecular formula is C16H16N4O4S2. The molecule has 0 saturated carbocycles. The fraction of sp³-hybridized carbons (Fsp3) is 0.375. The van der Waals surface area contributed by atoms with Crippen LogP contribution in [0.1, 0.15) is 23.2 Å². The number of thioether (sulfide) groups is 1. The first-order valence-electron chi connectivity index (χ1n) is 8.14. The smallest absolute Gasteiger partial charge is 0.257 e. The lowest BCUT2D eigenvalue weighted by Crippen LogP contribution is -2.29. The van der Waals surface area contributed by atoms with Gasteiger partial charge in [-0.05, 0) is 31.0 Å². The summed E-state index contributed by atoms with van der Waals surface area (Å²) in [5.74, 6) is 1.33. The molecule has 4 rings (SSSR count). The molecule has 26 heavy (non-hydrogen) atoms. The van der Waals surface area contributed by atoms with Crippen molar-refractivity contribution in [2.75, 3.05) is 31.0 Å². The van der Waals surface area contributed by atoms with Crippen molar-refractivity contribution < 1.29 is 19.1 Å². The van der Waals surface area contributed by atoms with E-state index in [0.29, 0.717) is 32.3 Å². The third-order valence-corrected chi connectivity index (χ3v) is 6.00. The van der Waals surface area contributed by atoms with E-state index in [1.165, 1.54) is 23.1 Å². The van der Waals surface area contributed by atoms with E-state index >= 15 is 0 Å². The molecule has 3 heterocycles. The molecule has 1 N–H and O–H groups in total. The Morgan fingerprint density at radius 3 is 2.85 bits per heavy atom. The van der Waals surface area contributed by atoms with E-state index in [9.17, 15) is 9.59 Å². The van der Waals surface area contributed by atoms with Crippen LogP contribution < -0.4 is 14.8 Å². The van der Waals surface area contributed by atoms with Crippen molar-refractivity contribution in [1.29, 1.82) is 0 Å². The lowest BCUT2D eigenvalue weighted by atomic mass is 10.2. The van der Waals surface area contributed by atoms with Crippen LogP contribution >= 0.6 is 23.1 Å². The van der Waals surface area contributed by atoms with Gasteiger partial charge in [-0.15, -0.1) is 10.2 Å². The van der Waals surface area contributed by atoms with E-state index in [0.717, 1.165) is 25.9 Å². The summed E-state index contributed by atoms with van der Waals surface area (Å²) in [6.45, 7) is 1.84. The van der Waals surface area contributed by atoms with E-state index < -0.39 is 0 Å². The lowest BCUT2D eigenvalue weighted by Gasteiger charge is -2.13. The van der Waals surface area contributed by atoms with Gasteiger partial charge in [0.15, 0.2) is 15.8 Å². The number of rotatable bonds is 5. The average Bonchev–Trinajstić information content (AvgIpc) is 3.39. The number of carbonyl (C=O) groups is 2. The molecule has 10 heteroatoms. The third kappa shape index (κ3) is 3.75. The molecule has 2 aromatic rings. The van der Waals surface area contributed by atoms with Crippen LogP contribution in [0.2, 0.25) is 0 Å². The number of likely N-dealkylation sites (tertiary alicyclic amines) is 1. The molecule has 136 valence electrons. The predicted molar refractivity (Wildman–Crippen MR) is 97.0 cm³/mol. The Hall–Kier alpha value is -2.33. The largest absolute Gasteiger partial charge is 0.454 e. The van der Waals surface area contributed by atoms with Crippen LogP contribution in [0, 0.1) is 0 Å². The van der Waals surface area contributed by atoms with Gasteiger partial charge in [-0.1, -0.05) is 23.1 Å². The number of hydrogen-bond donors (Lipinski definition) is 1. The van der Waals surface area contributed by atoms with Crippen LogP contribution in [-0.2, 0) is 4.79 Å². The number of carbonyl (C=O) groups excluding carboxylic acids is 2. The maximum absolute atomic E-state index is 12.3. The predicted octanol–water partition coefficient (Wildman–Crippen LogP) is 2.23. The molecular weight excluding hydrogens is 376 g/mol. The molecule has 2 aliphatic rings. The minimum absolute atomic E-state index is 0.119. The molecule has 1 fully saturated rings. The minimum Gasteiger partial charge on any atom is -0.454 e. The molecule has 0 unspecified atom stereocenters. The normalized spacial score (nSPS) is 15.3. The maximum Gasteiger partial charge on any atom is 0.257 e. The number of fused-ring (bicyclic) bond motifs is 1. The monoisotopic (exact) mass is 392 g/mol. The van der Waals surface area contributed by atoms with Gasteiger partial charge in [-0.25, -0.2) is 0 Å². The number of nitrogens with one attached hydrogen (secondary N) is 1. The van der Waals surface area contributed by atoms with Crippen molar-refractivity contribution in [2.24, 2.45) is 0 Å². The average molecular weight is 392 g/mol. The lowest BCUT2D eigenvalue weighted by molar-refractivity contribution is -0.127. The van der Waals surface area contributed by atoms with E-state index in [1.807, 2.05) is 4.90 Å². The van der Waals surface area contributed by atoms with Gasteiger partial charge < -0.3 is 14.4 Å². The quantitative estimate of drug-likeness (QED) is 0.616. The molecule has 8 nitrogen and oxygen atoms in total. The van der Waals surface area contributed by atoms with Gasteiger partial charge in [0.05, 0.1) is 5.75 Å². The van der Waals surface area contributed by atoms with Crippen LogP contribution in [0.15, 0.2) is 22.5 Å².